The van der Waals surface area contributed by atoms with Gasteiger partial charge in [0.05, 0.1) is 12.1 Å². The monoisotopic (exact) mass is 470 g/mol. The molecule has 3 aliphatic heterocycles. The third-order valence-corrected chi connectivity index (χ3v) is 7.42. The van der Waals surface area contributed by atoms with Crippen molar-refractivity contribution in [1.82, 2.24) is 4.90 Å². The van der Waals surface area contributed by atoms with Crippen molar-refractivity contribution in [3.8, 4) is 0 Å². The third-order valence-electron chi connectivity index (χ3n) is 7.42. The van der Waals surface area contributed by atoms with Gasteiger partial charge in [-0.2, -0.15) is 0 Å². The number of amides is 1. The van der Waals surface area contributed by atoms with Crippen molar-refractivity contribution in [2.45, 2.75) is 51.4 Å². The van der Waals surface area contributed by atoms with Gasteiger partial charge in [-0.25, -0.2) is 4.39 Å². The summed E-state index contributed by atoms with van der Waals surface area (Å²) >= 11 is 0. The highest BCUT2D eigenvalue weighted by Gasteiger charge is 2.33. The van der Waals surface area contributed by atoms with Crippen LogP contribution in [0.1, 0.15) is 59.2 Å². The van der Waals surface area contributed by atoms with Gasteiger partial charge in [0, 0.05) is 25.1 Å². The lowest BCUT2D eigenvalue weighted by molar-refractivity contribution is -0.117. The molecule has 3 aliphatic rings. The molecule has 1 amide bonds. The zero-order valence-corrected chi connectivity index (χ0v) is 19.8. The molecule has 0 aromatic heterocycles. The molecule has 0 N–H and O–H groups in total. The fraction of sp³-hybridized carbons (Fsp3) is 0.481. The van der Waals surface area contributed by atoms with Crippen molar-refractivity contribution in [2.75, 3.05) is 31.1 Å². The van der Waals surface area contributed by atoms with Crippen LogP contribution in [0, 0.1) is 11.7 Å². The van der Waals surface area contributed by atoms with Crippen molar-refractivity contribution >= 4 is 29.8 Å². The number of nitrogens with zero attached hydrogens (tertiary/aromatic N) is 2. The SMILES string of the molecule is Cl.O=C(CCC1CCN(CCc2cccc(F)c2)CC1)c1cc2c3c(c1)CC(=O)N3CCC2. The second-order valence-electron chi connectivity index (χ2n) is 9.60. The zero-order valence-electron chi connectivity index (χ0n) is 19.0. The highest BCUT2D eigenvalue weighted by atomic mass is 35.5. The summed E-state index contributed by atoms with van der Waals surface area (Å²) in [6, 6.07) is 10.9. The topological polar surface area (TPSA) is 40.6 Å². The first-order valence-electron chi connectivity index (χ1n) is 12.0. The summed E-state index contributed by atoms with van der Waals surface area (Å²) in [5, 5.41) is 0. The molecule has 0 radical (unpaired) electrons. The van der Waals surface area contributed by atoms with E-state index in [1.54, 1.807) is 12.1 Å². The van der Waals surface area contributed by atoms with E-state index in [0.29, 0.717) is 18.8 Å². The summed E-state index contributed by atoms with van der Waals surface area (Å²) < 4.78 is 13.3. The van der Waals surface area contributed by atoms with Crippen LogP contribution in [0.3, 0.4) is 0 Å². The summed E-state index contributed by atoms with van der Waals surface area (Å²) in [5.74, 6) is 0.820. The Morgan fingerprint density at radius 2 is 1.85 bits per heavy atom. The van der Waals surface area contributed by atoms with E-state index in [2.05, 4.69) is 4.90 Å². The van der Waals surface area contributed by atoms with Gasteiger partial charge >= 0.3 is 0 Å². The number of carbonyl (C=O) groups excluding carboxylic acids is 2. The number of carbonyl (C=O) groups is 2. The minimum absolute atomic E-state index is 0. The summed E-state index contributed by atoms with van der Waals surface area (Å²) in [6.45, 7) is 3.88. The molecule has 6 heteroatoms. The second kappa shape index (κ2) is 10.4. The Kier molecular flexibility index (Phi) is 7.50. The van der Waals surface area contributed by atoms with Crippen LogP contribution in [0.25, 0.3) is 0 Å². The molecule has 0 aliphatic carbocycles. The Morgan fingerprint density at radius 3 is 2.64 bits per heavy atom. The average molecular weight is 471 g/mol. The van der Waals surface area contributed by atoms with Gasteiger partial charge in [-0.1, -0.05) is 12.1 Å². The number of ketones is 1. The molecule has 2 aromatic rings. The molecule has 176 valence electrons. The smallest absolute Gasteiger partial charge is 0.231 e. The lowest BCUT2D eigenvalue weighted by atomic mass is 9.89. The number of hydrogen-bond donors (Lipinski definition) is 0. The van der Waals surface area contributed by atoms with Gasteiger partial charge in [0.15, 0.2) is 5.78 Å². The van der Waals surface area contributed by atoms with Crippen molar-refractivity contribution in [1.29, 1.82) is 0 Å². The Balaban J connectivity index is 0.00000259. The predicted octanol–water partition coefficient (Wildman–Crippen LogP) is 5.00. The van der Waals surface area contributed by atoms with Crippen molar-refractivity contribution in [3.63, 3.8) is 0 Å². The number of rotatable bonds is 7. The van der Waals surface area contributed by atoms with Crippen LogP contribution < -0.4 is 4.90 Å². The molecule has 0 unspecified atom stereocenters. The van der Waals surface area contributed by atoms with Gasteiger partial charge in [0.25, 0.3) is 0 Å². The van der Waals surface area contributed by atoms with Gasteiger partial charge in [0.2, 0.25) is 5.91 Å². The van der Waals surface area contributed by atoms with Gasteiger partial charge in [-0.3, -0.25) is 9.59 Å². The number of halogens is 2. The first-order valence-corrected chi connectivity index (χ1v) is 12.0. The van der Waals surface area contributed by atoms with Crippen LogP contribution in [0.15, 0.2) is 36.4 Å². The lowest BCUT2D eigenvalue weighted by Gasteiger charge is -2.32. The van der Waals surface area contributed by atoms with Gasteiger partial charge in [0.1, 0.15) is 5.82 Å². The third kappa shape index (κ3) is 5.30. The van der Waals surface area contributed by atoms with Crippen LogP contribution in [0.2, 0.25) is 0 Å². The van der Waals surface area contributed by atoms with Crippen LogP contribution in [0.5, 0.6) is 0 Å². The number of anilines is 1. The quantitative estimate of drug-likeness (QED) is 0.534. The maximum Gasteiger partial charge on any atom is 0.231 e. The molecule has 0 bridgehead atoms. The van der Waals surface area contributed by atoms with E-state index in [4.69, 9.17) is 0 Å². The Morgan fingerprint density at radius 1 is 1.06 bits per heavy atom. The zero-order chi connectivity index (χ0) is 22.1. The van der Waals surface area contributed by atoms with E-state index in [1.807, 2.05) is 23.1 Å². The van der Waals surface area contributed by atoms with Crippen LogP contribution in [-0.4, -0.2) is 42.8 Å². The number of hydrogen-bond acceptors (Lipinski definition) is 3. The summed E-state index contributed by atoms with van der Waals surface area (Å²) in [7, 11) is 0. The minimum atomic E-state index is -0.164. The van der Waals surface area contributed by atoms with E-state index in [9.17, 15) is 14.0 Å². The molecule has 2 aromatic carbocycles. The summed E-state index contributed by atoms with van der Waals surface area (Å²) in [6.07, 6.45) is 7.02. The van der Waals surface area contributed by atoms with Crippen LogP contribution in [0.4, 0.5) is 10.1 Å². The normalized spacial score (nSPS) is 18.2. The fourth-order valence-electron chi connectivity index (χ4n) is 5.60. The highest BCUT2D eigenvalue weighted by molar-refractivity contribution is 6.05. The molecule has 33 heavy (non-hydrogen) atoms. The number of benzene rings is 2. The molecule has 0 atom stereocenters. The summed E-state index contributed by atoms with van der Waals surface area (Å²) in [5.41, 5.74) is 5.15. The van der Waals surface area contributed by atoms with Gasteiger partial charge in [-0.05, 0) is 98.5 Å². The van der Waals surface area contributed by atoms with E-state index < -0.39 is 0 Å². The minimum Gasteiger partial charge on any atom is -0.312 e. The van der Waals surface area contributed by atoms with Crippen LogP contribution in [-0.2, 0) is 24.1 Å². The van der Waals surface area contributed by atoms with Crippen molar-refractivity contribution in [3.05, 3.63) is 64.5 Å². The Bertz CT molecular complexity index is 1030. The summed E-state index contributed by atoms with van der Waals surface area (Å²) in [4.78, 5) is 29.6. The number of aryl methyl sites for hydroxylation is 1. The molecule has 1 fully saturated rings. The van der Waals surface area contributed by atoms with E-state index >= 15 is 0 Å². The first kappa shape index (κ1) is 23.9. The maximum atomic E-state index is 13.3. The largest absolute Gasteiger partial charge is 0.312 e. The average Bonchev–Trinajstić information content (AvgIpc) is 3.13. The fourth-order valence-corrected chi connectivity index (χ4v) is 5.60. The lowest BCUT2D eigenvalue weighted by Crippen LogP contribution is -2.35. The molecule has 0 spiro atoms. The van der Waals surface area contributed by atoms with E-state index in [1.165, 1.54) is 11.6 Å². The van der Waals surface area contributed by atoms with Gasteiger partial charge in [-0.15, -0.1) is 12.4 Å². The van der Waals surface area contributed by atoms with E-state index in [-0.39, 0.29) is 29.9 Å². The molecular weight excluding hydrogens is 439 g/mol. The first-order chi connectivity index (χ1) is 15.6. The number of piperidine rings is 1. The Labute approximate surface area is 201 Å². The van der Waals surface area contributed by atoms with Crippen LogP contribution >= 0.6 is 12.4 Å². The van der Waals surface area contributed by atoms with Gasteiger partial charge < -0.3 is 9.80 Å². The second-order valence-corrected chi connectivity index (χ2v) is 9.60. The number of Topliss-reactive ketones (excluding diaryl/α,β-unsaturated/α-hetero) is 1. The Hall–Kier alpha value is -2.24. The molecule has 5 rings (SSSR count). The molecular formula is C27H32ClFN2O2. The molecule has 3 heterocycles. The standard InChI is InChI=1S/C27H31FN2O2.ClH/c28-24-5-1-3-20(15-24)10-14-29-12-8-19(9-13-29)6-7-25(31)22-16-21-4-2-11-30-26(32)18-23(17-22)27(21)30;/h1,3,5,15-17,19H,2,4,6-14,18H2;1H. The predicted molar refractivity (Wildman–Crippen MR) is 131 cm³/mol. The van der Waals surface area contributed by atoms with E-state index in [0.717, 1.165) is 87.1 Å². The molecule has 4 nitrogen and oxygen atoms in total. The molecule has 1 saturated heterocycles. The van der Waals surface area contributed by atoms with Crippen molar-refractivity contribution in [2.24, 2.45) is 5.92 Å². The van der Waals surface area contributed by atoms with Crippen molar-refractivity contribution < 1.29 is 14.0 Å². The highest BCUT2D eigenvalue weighted by Crippen LogP contribution is 2.38. The maximum absolute atomic E-state index is 13.3. The number of likely N-dealkylation sites (tertiary alicyclic amines) is 1. The molecule has 0 saturated carbocycles.